The summed E-state index contributed by atoms with van der Waals surface area (Å²) < 4.78 is 1.08. The van der Waals surface area contributed by atoms with Crippen LogP contribution >= 0.6 is 27.3 Å². The van der Waals surface area contributed by atoms with Crippen molar-refractivity contribution in [1.82, 2.24) is 5.32 Å². The summed E-state index contributed by atoms with van der Waals surface area (Å²) in [7, 11) is 0. The SMILES string of the molecule is CC(C)(CNCC(N)C(=O)O)c1cc(Br)cs1. The monoisotopic (exact) mass is 320 g/mol. The van der Waals surface area contributed by atoms with Crippen molar-refractivity contribution in [3.63, 3.8) is 0 Å². The Balaban J connectivity index is 2.48. The van der Waals surface area contributed by atoms with E-state index in [2.05, 4.69) is 41.2 Å². The number of carbonyl (C=O) groups is 1. The smallest absolute Gasteiger partial charge is 0.321 e. The third-order valence-electron chi connectivity index (χ3n) is 2.48. The van der Waals surface area contributed by atoms with Crippen molar-refractivity contribution in [1.29, 1.82) is 0 Å². The first-order chi connectivity index (χ1) is 7.83. The highest BCUT2D eigenvalue weighted by atomic mass is 79.9. The largest absolute Gasteiger partial charge is 0.480 e. The van der Waals surface area contributed by atoms with Crippen LogP contribution in [0, 0.1) is 0 Å². The lowest BCUT2D eigenvalue weighted by Gasteiger charge is -2.24. The molecule has 0 fully saturated rings. The molecule has 17 heavy (non-hydrogen) atoms. The van der Waals surface area contributed by atoms with Gasteiger partial charge in [0.1, 0.15) is 6.04 Å². The molecule has 1 rings (SSSR count). The molecule has 0 aromatic carbocycles. The van der Waals surface area contributed by atoms with Gasteiger partial charge in [-0.2, -0.15) is 0 Å². The summed E-state index contributed by atoms with van der Waals surface area (Å²) in [4.78, 5) is 11.8. The Hall–Kier alpha value is -0.430. The van der Waals surface area contributed by atoms with Crippen molar-refractivity contribution in [2.45, 2.75) is 25.3 Å². The van der Waals surface area contributed by atoms with Gasteiger partial charge in [0.2, 0.25) is 0 Å². The molecule has 0 saturated heterocycles. The molecule has 0 aliphatic heterocycles. The van der Waals surface area contributed by atoms with Crippen molar-refractivity contribution in [3.8, 4) is 0 Å². The molecule has 1 atom stereocenters. The van der Waals surface area contributed by atoms with Crippen LogP contribution in [0.3, 0.4) is 0 Å². The summed E-state index contributed by atoms with van der Waals surface area (Å²) in [5.41, 5.74) is 5.39. The predicted molar refractivity (Wildman–Crippen MR) is 73.5 cm³/mol. The molecule has 0 aliphatic carbocycles. The molecular weight excluding hydrogens is 304 g/mol. The standard InChI is InChI=1S/C11H17BrN2O2S/c1-11(2,9-3-7(12)5-17-9)6-14-4-8(13)10(15)16/h3,5,8,14H,4,6,13H2,1-2H3,(H,15,16). The van der Waals surface area contributed by atoms with Crippen LogP contribution in [-0.2, 0) is 10.2 Å². The van der Waals surface area contributed by atoms with Crippen LogP contribution in [-0.4, -0.2) is 30.2 Å². The number of rotatable bonds is 6. The van der Waals surface area contributed by atoms with Gasteiger partial charge < -0.3 is 16.2 Å². The second-order valence-corrected chi connectivity index (χ2v) is 6.42. The van der Waals surface area contributed by atoms with Gasteiger partial charge in [0.15, 0.2) is 0 Å². The van der Waals surface area contributed by atoms with Crippen LogP contribution in [0.1, 0.15) is 18.7 Å². The highest BCUT2D eigenvalue weighted by molar-refractivity contribution is 9.10. The maximum absolute atomic E-state index is 10.6. The van der Waals surface area contributed by atoms with E-state index in [1.807, 2.05) is 5.38 Å². The maximum atomic E-state index is 10.6. The van der Waals surface area contributed by atoms with Gasteiger partial charge in [-0.05, 0) is 22.0 Å². The lowest BCUT2D eigenvalue weighted by molar-refractivity contribution is -0.138. The van der Waals surface area contributed by atoms with Gasteiger partial charge in [-0.25, -0.2) is 0 Å². The highest BCUT2D eigenvalue weighted by Gasteiger charge is 2.22. The molecule has 0 aliphatic rings. The van der Waals surface area contributed by atoms with Crippen LogP contribution in [0.4, 0.5) is 0 Å². The molecule has 4 nitrogen and oxygen atoms in total. The first kappa shape index (κ1) is 14.6. The van der Waals surface area contributed by atoms with Gasteiger partial charge >= 0.3 is 5.97 Å². The molecule has 0 spiro atoms. The van der Waals surface area contributed by atoms with Gasteiger partial charge in [0.25, 0.3) is 0 Å². The minimum Gasteiger partial charge on any atom is -0.480 e. The van der Waals surface area contributed by atoms with Crippen LogP contribution in [0.5, 0.6) is 0 Å². The number of carboxylic acids is 1. The zero-order chi connectivity index (χ0) is 13.1. The summed E-state index contributed by atoms with van der Waals surface area (Å²) in [6, 6.07) is 1.24. The summed E-state index contributed by atoms with van der Waals surface area (Å²) >= 11 is 5.11. The third kappa shape index (κ3) is 4.39. The second-order valence-electron chi connectivity index (χ2n) is 4.59. The summed E-state index contributed by atoms with van der Waals surface area (Å²) in [6.07, 6.45) is 0. The van der Waals surface area contributed by atoms with Crippen LogP contribution in [0.2, 0.25) is 0 Å². The molecule has 96 valence electrons. The fraction of sp³-hybridized carbons (Fsp3) is 0.545. The molecule has 1 aromatic heterocycles. The van der Waals surface area contributed by atoms with E-state index >= 15 is 0 Å². The minimum atomic E-state index is -0.978. The molecule has 0 radical (unpaired) electrons. The average Bonchev–Trinajstić information content (AvgIpc) is 2.65. The molecule has 0 saturated carbocycles. The molecule has 0 amide bonds. The number of hydrogen-bond acceptors (Lipinski definition) is 4. The van der Waals surface area contributed by atoms with Gasteiger partial charge in [0, 0.05) is 33.2 Å². The zero-order valence-electron chi connectivity index (χ0n) is 9.87. The first-order valence-electron chi connectivity index (χ1n) is 5.26. The first-order valence-corrected chi connectivity index (χ1v) is 6.94. The van der Waals surface area contributed by atoms with Crippen LogP contribution in [0.15, 0.2) is 15.9 Å². The molecule has 4 N–H and O–H groups in total. The van der Waals surface area contributed by atoms with Gasteiger partial charge in [-0.15, -0.1) is 11.3 Å². The second kappa shape index (κ2) is 5.95. The lowest BCUT2D eigenvalue weighted by atomic mass is 9.91. The fourth-order valence-corrected chi connectivity index (χ4v) is 2.94. The van der Waals surface area contributed by atoms with Crippen molar-refractivity contribution in [3.05, 3.63) is 20.8 Å². The van der Waals surface area contributed by atoms with Gasteiger partial charge in [-0.1, -0.05) is 13.8 Å². The van der Waals surface area contributed by atoms with Crippen molar-refractivity contribution >= 4 is 33.2 Å². The number of carboxylic acid groups (broad SMARTS) is 1. The number of nitrogens with two attached hydrogens (primary N) is 1. The highest BCUT2D eigenvalue weighted by Crippen LogP contribution is 2.30. The number of thiophene rings is 1. The molecule has 1 heterocycles. The van der Waals surface area contributed by atoms with Crippen molar-refractivity contribution in [2.75, 3.05) is 13.1 Å². The van der Waals surface area contributed by atoms with E-state index in [0.29, 0.717) is 6.54 Å². The summed E-state index contributed by atoms with van der Waals surface area (Å²) in [5, 5.41) is 13.8. The van der Waals surface area contributed by atoms with E-state index in [0.717, 1.165) is 4.47 Å². The zero-order valence-corrected chi connectivity index (χ0v) is 12.3. The summed E-state index contributed by atoms with van der Waals surface area (Å²) in [6.45, 7) is 5.21. The minimum absolute atomic E-state index is 0.0328. The van der Waals surface area contributed by atoms with Gasteiger partial charge in [0.05, 0.1) is 0 Å². The third-order valence-corrected chi connectivity index (χ3v) is 4.54. The topological polar surface area (TPSA) is 75.3 Å². The normalized spacial score (nSPS) is 13.6. The van der Waals surface area contributed by atoms with E-state index in [1.54, 1.807) is 11.3 Å². The van der Waals surface area contributed by atoms with Crippen molar-refractivity contribution < 1.29 is 9.90 Å². The lowest BCUT2D eigenvalue weighted by Crippen LogP contribution is -2.43. The Bertz CT molecular complexity index is 393. The van der Waals surface area contributed by atoms with Crippen LogP contribution in [0.25, 0.3) is 0 Å². The molecule has 1 aromatic rings. The predicted octanol–water partition coefficient (Wildman–Crippen LogP) is 1.79. The van der Waals surface area contributed by atoms with Gasteiger partial charge in [-0.3, -0.25) is 4.79 Å². The van der Waals surface area contributed by atoms with Crippen LogP contribution < -0.4 is 11.1 Å². The Labute approximate surface area is 113 Å². The number of halogens is 1. The molecule has 0 bridgehead atoms. The maximum Gasteiger partial charge on any atom is 0.321 e. The van der Waals surface area contributed by atoms with Crippen molar-refractivity contribution in [2.24, 2.45) is 5.73 Å². The summed E-state index contributed by atoms with van der Waals surface area (Å²) in [5.74, 6) is -0.978. The molecular formula is C11H17BrN2O2S. The Kier molecular flexibility index (Phi) is 5.12. The fourth-order valence-electron chi connectivity index (χ4n) is 1.38. The Morgan fingerprint density at radius 1 is 1.71 bits per heavy atom. The molecule has 1 unspecified atom stereocenters. The average molecular weight is 321 g/mol. The van der Waals surface area contributed by atoms with E-state index < -0.39 is 12.0 Å². The van der Waals surface area contributed by atoms with E-state index in [9.17, 15) is 4.79 Å². The van der Waals surface area contributed by atoms with E-state index in [4.69, 9.17) is 10.8 Å². The number of nitrogens with one attached hydrogen (secondary N) is 1. The van der Waals surface area contributed by atoms with E-state index in [-0.39, 0.29) is 12.0 Å². The van der Waals surface area contributed by atoms with E-state index in [1.165, 1.54) is 4.88 Å². The Morgan fingerprint density at radius 2 is 2.35 bits per heavy atom. The number of hydrogen-bond donors (Lipinski definition) is 3. The number of aliphatic carboxylic acids is 1. The quantitative estimate of drug-likeness (QED) is 0.747. The Morgan fingerprint density at radius 3 is 2.82 bits per heavy atom. The molecule has 6 heteroatoms.